The number of aryl methyl sites for hydroxylation is 1. The first kappa shape index (κ1) is 21.6. The highest BCUT2D eigenvalue weighted by molar-refractivity contribution is 8.00. The molecule has 0 radical (unpaired) electrons. The third-order valence-electron chi connectivity index (χ3n) is 4.72. The Morgan fingerprint density at radius 3 is 2.63 bits per heavy atom. The zero-order valence-electron chi connectivity index (χ0n) is 17.4. The van der Waals surface area contributed by atoms with E-state index in [1.54, 1.807) is 4.90 Å². The third-order valence-corrected chi connectivity index (χ3v) is 5.79. The molecule has 1 aromatic heterocycles. The van der Waals surface area contributed by atoms with E-state index in [1.165, 1.54) is 11.8 Å². The fraction of sp³-hybridized carbons (Fsp3) is 0.304. The predicted octanol–water partition coefficient (Wildman–Crippen LogP) is 4.70. The third kappa shape index (κ3) is 4.89. The van der Waals surface area contributed by atoms with Crippen molar-refractivity contribution in [2.24, 2.45) is 0 Å². The Bertz CT molecular complexity index is 1040. The molecule has 3 rings (SSSR count). The molecule has 0 N–H and O–H groups in total. The summed E-state index contributed by atoms with van der Waals surface area (Å²) < 4.78 is 2.03. The van der Waals surface area contributed by atoms with E-state index in [2.05, 4.69) is 22.3 Å². The summed E-state index contributed by atoms with van der Waals surface area (Å²) in [7, 11) is 0. The minimum Gasteiger partial charge on any atom is -0.310 e. The highest BCUT2D eigenvalue weighted by Gasteiger charge is 2.25. The molecule has 3 aromatic rings. The number of thioether (sulfide) groups is 1. The number of benzene rings is 2. The monoisotopic (exact) mass is 419 g/mol. The van der Waals surface area contributed by atoms with Crippen molar-refractivity contribution in [1.82, 2.24) is 14.8 Å². The van der Waals surface area contributed by atoms with Gasteiger partial charge >= 0.3 is 0 Å². The summed E-state index contributed by atoms with van der Waals surface area (Å²) in [6, 6.07) is 19.7. The van der Waals surface area contributed by atoms with Gasteiger partial charge in [-0.1, -0.05) is 53.7 Å². The van der Waals surface area contributed by atoms with E-state index in [9.17, 15) is 4.79 Å². The molecule has 0 aliphatic carbocycles. The molecule has 1 heterocycles. The largest absolute Gasteiger partial charge is 0.310 e. The van der Waals surface area contributed by atoms with Gasteiger partial charge in [-0.05, 0) is 39.0 Å². The van der Waals surface area contributed by atoms with Gasteiger partial charge in [-0.3, -0.25) is 4.79 Å². The Hall–Kier alpha value is -3.11. The second-order valence-corrected chi connectivity index (χ2v) is 8.22. The molecule has 154 valence electrons. The maximum absolute atomic E-state index is 13.2. The van der Waals surface area contributed by atoms with Crippen LogP contribution in [0, 0.1) is 18.3 Å². The second kappa shape index (κ2) is 10.1. The van der Waals surface area contributed by atoms with E-state index in [4.69, 9.17) is 5.26 Å². The molecule has 0 saturated heterocycles. The normalized spacial score (nSPS) is 11.7. The Morgan fingerprint density at radius 1 is 1.20 bits per heavy atom. The van der Waals surface area contributed by atoms with E-state index < -0.39 is 0 Å². The molecular formula is C23H25N5OS. The van der Waals surface area contributed by atoms with Gasteiger partial charge in [0.2, 0.25) is 5.91 Å². The van der Waals surface area contributed by atoms with Crippen molar-refractivity contribution in [2.75, 3.05) is 11.4 Å². The molecule has 0 aliphatic rings. The summed E-state index contributed by atoms with van der Waals surface area (Å²) in [6.07, 6.45) is 0.278. The number of para-hydroxylation sites is 1. The van der Waals surface area contributed by atoms with Crippen molar-refractivity contribution in [1.29, 1.82) is 5.26 Å². The van der Waals surface area contributed by atoms with E-state index in [-0.39, 0.29) is 17.6 Å². The number of anilines is 1. The van der Waals surface area contributed by atoms with Gasteiger partial charge in [0, 0.05) is 24.3 Å². The quantitative estimate of drug-likeness (QED) is 0.495. The van der Waals surface area contributed by atoms with Crippen LogP contribution >= 0.6 is 11.8 Å². The van der Waals surface area contributed by atoms with Crippen LogP contribution in [0.4, 0.5) is 5.69 Å². The molecule has 0 aliphatic heterocycles. The van der Waals surface area contributed by atoms with Crippen molar-refractivity contribution in [2.45, 2.75) is 44.1 Å². The molecule has 1 unspecified atom stereocenters. The van der Waals surface area contributed by atoms with Crippen LogP contribution in [0.5, 0.6) is 0 Å². The SMILES string of the molecule is CCn1c(SC(C)C(=O)N(CCC#N)c2ccccc2)nnc1-c1cccc(C)c1. The number of hydrogen-bond acceptors (Lipinski definition) is 5. The number of carbonyl (C=O) groups excluding carboxylic acids is 1. The maximum atomic E-state index is 13.2. The standard InChI is InChI=1S/C23H25N5OS/c1-4-27-21(19-11-8-10-17(2)16-19)25-26-23(27)30-18(3)22(29)28(15-9-14-24)20-12-6-5-7-13-20/h5-8,10-13,16,18H,4,9,15H2,1-3H3. The number of aromatic nitrogens is 3. The fourth-order valence-corrected chi connectivity index (χ4v) is 4.20. The summed E-state index contributed by atoms with van der Waals surface area (Å²) in [6.45, 7) is 7.03. The Kier molecular flexibility index (Phi) is 7.26. The molecule has 0 bridgehead atoms. The van der Waals surface area contributed by atoms with Crippen molar-refractivity contribution >= 4 is 23.4 Å². The first-order valence-corrected chi connectivity index (χ1v) is 10.8. The lowest BCUT2D eigenvalue weighted by molar-refractivity contribution is -0.117. The lowest BCUT2D eigenvalue weighted by Crippen LogP contribution is -2.37. The molecular weight excluding hydrogens is 394 g/mol. The lowest BCUT2D eigenvalue weighted by atomic mass is 10.1. The van der Waals surface area contributed by atoms with Gasteiger partial charge in [0.05, 0.1) is 17.7 Å². The second-order valence-electron chi connectivity index (χ2n) is 6.91. The summed E-state index contributed by atoms with van der Waals surface area (Å²) in [4.78, 5) is 14.9. The van der Waals surface area contributed by atoms with Crippen LogP contribution in [-0.4, -0.2) is 32.5 Å². The van der Waals surface area contributed by atoms with Crippen LogP contribution in [0.3, 0.4) is 0 Å². The molecule has 2 aromatic carbocycles. The van der Waals surface area contributed by atoms with Crippen LogP contribution in [0.15, 0.2) is 59.8 Å². The van der Waals surface area contributed by atoms with Crippen LogP contribution < -0.4 is 4.90 Å². The highest BCUT2D eigenvalue weighted by atomic mass is 32.2. The fourth-order valence-electron chi connectivity index (χ4n) is 3.22. The highest BCUT2D eigenvalue weighted by Crippen LogP contribution is 2.29. The van der Waals surface area contributed by atoms with Crippen LogP contribution in [0.1, 0.15) is 25.8 Å². The smallest absolute Gasteiger partial charge is 0.240 e. The van der Waals surface area contributed by atoms with Gasteiger partial charge in [-0.25, -0.2) is 0 Å². The van der Waals surface area contributed by atoms with Gasteiger partial charge in [-0.15, -0.1) is 10.2 Å². The number of nitriles is 1. The maximum Gasteiger partial charge on any atom is 0.240 e. The average molecular weight is 420 g/mol. The van der Waals surface area contributed by atoms with Crippen LogP contribution in [-0.2, 0) is 11.3 Å². The summed E-state index contributed by atoms with van der Waals surface area (Å²) in [5.74, 6) is 0.747. The van der Waals surface area contributed by atoms with Crippen molar-refractivity contribution in [3.8, 4) is 17.5 Å². The zero-order chi connectivity index (χ0) is 21.5. The number of nitrogens with zero attached hydrogens (tertiary/aromatic N) is 5. The molecule has 30 heavy (non-hydrogen) atoms. The Morgan fingerprint density at radius 2 is 1.97 bits per heavy atom. The van der Waals surface area contributed by atoms with E-state index >= 15 is 0 Å². The average Bonchev–Trinajstić information content (AvgIpc) is 3.17. The number of amides is 1. The molecule has 0 spiro atoms. The van der Waals surface area contributed by atoms with E-state index in [1.807, 2.05) is 73.9 Å². The van der Waals surface area contributed by atoms with E-state index in [0.717, 1.165) is 22.6 Å². The van der Waals surface area contributed by atoms with Crippen molar-refractivity contribution in [3.63, 3.8) is 0 Å². The predicted molar refractivity (Wildman–Crippen MR) is 120 cm³/mol. The topological polar surface area (TPSA) is 74.8 Å². The molecule has 7 heteroatoms. The lowest BCUT2D eigenvalue weighted by Gasteiger charge is -2.24. The Balaban J connectivity index is 1.83. The first-order valence-electron chi connectivity index (χ1n) is 9.95. The first-order chi connectivity index (χ1) is 14.5. The number of rotatable bonds is 8. The van der Waals surface area contributed by atoms with Gasteiger partial charge in [0.25, 0.3) is 0 Å². The van der Waals surface area contributed by atoms with Gasteiger partial charge < -0.3 is 9.47 Å². The molecule has 6 nitrogen and oxygen atoms in total. The number of carbonyl (C=O) groups is 1. The van der Waals surface area contributed by atoms with Crippen molar-refractivity contribution < 1.29 is 4.79 Å². The minimum atomic E-state index is -0.372. The van der Waals surface area contributed by atoms with Crippen molar-refractivity contribution in [3.05, 3.63) is 60.2 Å². The summed E-state index contributed by atoms with van der Waals surface area (Å²) in [5, 5.41) is 18.1. The molecule has 0 fully saturated rings. The Labute approximate surface area is 181 Å². The number of hydrogen-bond donors (Lipinski definition) is 0. The minimum absolute atomic E-state index is 0.0517. The summed E-state index contributed by atoms with van der Waals surface area (Å²) >= 11 is 1.39. The van der Waals surface area contributed by atoms with Gasteiger partial charge in [-0.2, -0.15) is 5.26 Å². The van der Waals surface area contributed by atoms with Gasteiger partial charge in [0.1, 0.15) is 0 Å². The molecule has 0 saturated carbocycles. The summed E-state index contributed by atoms with van der Waals surface area (Å²) in [5.41, 5.74) is 2.96. The van der Waals surface area contributed by atoms with E-state index in [0.29, 0.717) is 18.2 Å². The van der Waals surface area contributed by atoms with Crippen LogP contribution in [0.2, 0.25) is 0 Å². The molecule has 1 atom stereocenters. The van der Waals surface area contributed by atoms with Crippen LogP contribution in [0.25, 0.3) is 11.4 Å². The van der Waals surface area contributed by atoms with Gasteiger partial charge in [0.15, 0.2) is 11.0 Å². The zero-order valence-corrected chi connectivity index (χ0v) is 18.3. The molecule has 1 amide bonds.